The number of urea groups is 1. The van der Waals surface area contributed by atoms with Crippen LogP contribution in [0.25, 0.3) is 10.9 Å². The van der Waals surface area contributed by atoms with E-state index in [1.54, 1.807) is 17.0 Å². The summed E-state index contributed by atoms with van der Waals surface area (Å²) in [7, 11) is 0. The number of nitrogens with zero attached hydrogens (tertiary/aromatic N) is 4. The van der Waals surface area contributed by atoms with E-state index in [9.17, 15) is 14.9 Å². The van der Waals surface area contributed by atoms with Crippen molar-refractivity contribution in [3.63, 3.8) is 0 Å². The zero-order valence-electron chi connectivity index (χ0n) is 15.8. The molecule has 1 aromatic heterocycles. The van der Waals surface area contributed by atoms with E-state index >= 15 is 0 Å². The van der Waals surface area contributed by atoms with Gasteiger partial charge in [-0.2, -0.15) is 0 Å². The summed E-state index contributed by atoms with van der Waals surface area (Å²) in [6, 6.07) is 15.9. The smallest absolute Gasteiger partial charge is 0.321 e. The zero-order valence-corrected chi connectivity index (χ0v) is 15.8. The largest absolute Gasteiger partial charge is 0.322 e. The summed E-state index contributed by atoms with van der Waals surface area (Å²) < 4.78 is 0. The van der Waals surface area contributed by atoms with Gasteiger partial charge in [-0.05, 0) is 17.7 Å². The number of benzene rings is 2. The van der Waals surface area contributed by atoms with Crippen LogP contribution in [-0.4, -0.2) is 51.9 Å². The Balaban J connectivity index is 1.35. The first-order chi connectivity index (χ1) is 14.1. The van der Waals surface area contributed by atoms with Crippen LogP contribution in [0.5, 0.6) is 0 Å². The number of anilines is 1. The van der Waals surface area contributed by atoms with Crippen LogP contribution in [0.1, 0.15) is 5.56 Å². The quantitative estimate of drug-likeness (QED) is 0.543. The van der Waals surface area contributed by atoms with Gasteiger partial charge in [0.25, 0.3) is 5.69 Å². The number of nitro benzene ring substituents is 1. The molecule has 0 atom stereocenters. The van der Waals surface area contributed by atoms with Gasteiger partial charge in [-0.15, -0.1) is 0 Å². The molecule has 3 aromatic rings. The molecular weight excluding hydrogens is 370 g/mol. The van der Waals surface area contributed by atoms with E-state index in [4.69, 9.17) is 0 Å². The molecule has 8 heteroatoms. The van der Waals surface area contributed by atoms with Gasteiger partial charge in [0.1, 0.15) is 0 Å². The summed E-state index contributed by atoms with van der Waals surface area (Å²) in [4.78, 5) is 31.5. The number of pyridine rings is 1. The van der Waals surface area contributed by atoms with Crippen molar-refractivity contribution in [3.8, 4) is 0 Å². The van der Waals surface area contributed by atoms with Gasteiger partial charge in [0.2, 0.25) is 0 Å². The third kappa shape index (κ3) is 4.33. The highest BCUT2D eigenvalue weighted by molar-refractivity contribution is 5.89. The standard InChI is InChI=1S/C21H21N5O3/c27-21(23-18-7-2-8-19(14-18)26(28)29)25-12-10-24(11-13-25)15-17-5-1-4-16-6-3-9-22-20(16)17/h1-9,14H,10-13,15H2,(H,23,27). The minimum atomic E-state index is -0.476. The maximum Gasteiger partial charge on any atom is 0.321 e. The number of aromatic nitrogens is 1. The molecule has 2 amide bonds. The molecule has 0 bridgehead atoms. The van der Waals surface area contributed by atoms with Crippen LogP contribution < -0.4 is 5.32 Å². The summed E-state index contributed by atoms with van der Waals surface area (Å²) in [5.74, 6) is 0. The summed E-state index contributed by atoms with van der Waals surface area (Å²) >= 11 is 0. The molecular formula is C21H21N5O3. The minimum absolute atomic E-state index is 0.0451. The van der Waals surface area contributed by atoms with Crippen LogP contribution in [0.3, 0.4) is 0 Å². The number of hydrogen-bond acceptors (Lipinski definition) is 5. The third-order valence-electron chi connectivity index (χ3n) is 5.08. The number of non-ortho nitro benzene ring substituents is 1. The molecule has 1 aliphatic rings. The first-order valence-corrected chi connectivity index (χ1v) is 9.45. The fourth-order valence-corrected chi connectivity index (χ4v) is 3.54. The topological polar surface area (TPSA) is 91.6 Å². The number of nitrogens with one attached hydrogen (secondary N) is 1. The third-order valence-corrected chi connectivity index (χ3v) is 5.08. The van der Waals surface area contributed by atoms with Crippen LogP contribution in [0.4, 0.5) is 16.2 Å². The molecule has 0 spiro atoms. The molecule has 29 heavy (non-hydrogen) atoms. The molecule has 2 heterocycles. The van der Waals surface area contributed by atoms with E-state index in [1.807, 2.05) is 18.3 Å². The molecule has 1 N–H and O–H groups in total. The molecule has 148 valence electrons. The summed E-state index contributed by atoms with van der Waals surface area (Å²) in [5, 5.41) is 14.8. The number of fused-ring (bicyclic) bond motifs is 1. The van der Waals surface area contributed by atoms with Crippen LogP contribution >= 0.6 is 0 Å². The second-order valence-electron chi connectivity index (χ2n) is 6.99. The van der Waals surface area contributed by atoms with Crippen molar-refractivity contribution in [2.45, 2.75) is 6.54 Å². The maximum atomic E-state index is 12.5. The highest BCUT2D eigenvalue weighted by Crippen LogP contribution is 2.20. The molecule has 4 rings (SSSR count). The van der Waals surface area contributed by atoms with Gasteiger partial charge in [0.15, 0.2) is 0 Å². The molecule has 8 nitrogen and oxygen atoms in total. The lowest BCUT2D eigenvalue weighted by Crippen LogP contribution is -2.49. The van der Waals surface area contributed by atoms with Crippen LogP contribution in [-0.2, 0) is 6.54 Å². The number of nitro groups is 1. The van der Waals surface area contributed by atoms with Crippen LogP contribution in [0.15, 0.2) is 60.8 Å². The van der Waals surface area contributed by atoms with Crippen molar-refractivity contribution in [1.82, 2.24) is 14.8 Å². The fourth-order valence-electron chi connectivity index (χ4n) is 3.54. The Morgan fingerprint density at radius 3 is 2.62 bits per heavy atom. The van der Waals surface area contributed by atoms with E-state index in [1.165, 1.54) is 17.7 Å². The first kappa shape index (κ1) is 18.8. The number of piperazine rings is 1. The number of amides is 2. The Bertz CT molecular complexity index is 1040. The summed E-state index contributed by atoms with van der Waals surface area (Å²) in [6.07, 6.45) is 1.81. The number of carbonyl (C=O) groups excluding carboxylic acids is 1. The number of carbonyl (C=O) groups is 1. The number of rotatable bonds is 4. The number of hydrogen-bond donors (Lipinski definition) is 1. The lowest BCUT2D eigenvalue weighted by molar-refractivity contribution is -0.384. The van der Waals surface area contributed by atoms with Crippen LogP contribution in [0.2, 0.25) is 0 Å². The first-order valence-electron chi connectivity index (χ1n) is 9.45. The second-order valence-corrected chi connectivity index (χ2v) is 6.99. The Kier molecular flexibility index (Phi) is 5.35. The van der Waals surface area contributed by atoms with Crippen molar-refractivity contribution < 1.29 is 9.72 Å². The molecule has 2 aromatic carbocycles. The normalized spacial score (nSPS) is 14.7. The van der Waals surface area contributed by atoms with E-state index in [0.29, 0.717) is 18.8 Å². The molecule has 0 unspecified atom stereocenters. The van der Waals surface area contributed by atoms with Gasteiger partial charge in [-0.3, -0.25) is 20.0 Å². The molecule has 1 aliphatic heterocycles. The Hall–Kier alpha value is -3.52. The van der Waals surface area contributed by atoms with Crippen molar-refractivity contribution in [2.75, 3.05) is 31.5 Å². The second kappa shape index (κ2) is 8.24. The van der Waals surface area contributed by atoms with Gasteiger partial charge in [-0.1, -0.05) is 30.3 Å². The molecule has 0 radical (unpaired) electrons. The average molecular weight is 391 g/mol. The molecule has 0 saturated carbocycles. The van der Waals surface area contributed by atoms with E-state index < -0.39 is 4.92 Å². The van der Waals surface area contributed by atoms with Crippen LogP contribution in [0, 0.1) is 10.1 Å². The SMILES string of the molecule is O=C(Nc1cccc([N+](=O)[O-])c1)N1CCN(Cc2cccc3cccnc23)CC1. The van der Waals surface area contributed by atoms with E-state index in [-0.39, 0.29) is 11.7 Å². The van der Waals surface area contributed by atoms with Gasteiger partial charge in [0, 0.05) is 62.1 Å². The highest BCUT2D eigenvalue weighted by Gasteiger charge is 2.22. The molecule has 1 fully saturated rings. The van der Waals surface area contributed by atoms with Crippen molar-refractivity contribution in [3.05, 3.63) is 76.5 Å². The maximum absolute atomic E-state index is 12.5. The van der Waals surface area contributed by atoms with Crippen molar-refractivity contribution >= 4 is 28.3 Å². The predicted octanol–water partition coefficient (Wildman–Crippen LogP) is 3.49. The molecule has 1 saturated heterocycles. The Morgan fingerprint density at radius 2 is 1.83 bits per heavy atom. The number of para-hydroxylation sites is 1. The Labute approximate surface area is 167 Å². The van der Waals surface area contributed by atoms with Crippen molar-refractivity contribution in [1.29, 1.82) is 0 Å². The van der Waals surface area contributed by atoms with Gasteiger partial charge >= 0.3 is 6.03 Å². The lowest BCUT2D eigenvalue weighted by Gasteiger charge is -2.34. The summed E-state index contributed by atoms with van der Waals surface area (Å²) in [5.41, 5.74) is 2.57. The monoisotopic (exact) mass is 391 g/mol. The highest BCUT2D eigenvalue weighted by atomic mass is 16.6. The minimum Gasteiger partial charge on any atom is -0.322 e. The average Bonchev–Trinajstić information content (AvgIpc) is 2.75. The van der Waals surface area contributed by atoms with E-state index in [2.05, 4.69) is 33.4 Å². The van der Waals surface area contributed by atoms with Crippen molar-refractivity contribution in [2.24, 2.45) is 0 Å². The molecule has 0 aliphatic carbocycles. The van der Waals surface area contributed by atoms with Gasteiger partial charge < -0.3 is 10.2 Å². The lowest BCUT2D eigenvalue weighted by atomic mass is 10.1. The van der Waals surface area contributed by atoms with Gasteiger partial charge in [-0.25, -0.2) is 4.79 Å². The van der Waals surface area contributed by atoms with Gasteiger partial charge in [0.05, 0.1) is 10.4 Å². The predicted molar refractivity (Wildman–Crippen MR) is 111 cm³/mol. The summed E-state index contributed by atoms with van der Waals surface area (Å²) in [6.45, 7) is 3.49. The zero-order chi connectivity index (χ0) is 20.2. The fraction of sp³-hybridized carbons (Fsp3) is 0.238. The van der Waals surface area contributed by atoms with E-state index in [0.717, 1.165) is 30.5 Å². The Morgan fingerprint density at radius 1 is 1.07 bits per heavy atom.